The van der Waals surface area contributed by atoms with Crippen LogP contribution in [-0.2, 0) is 10.2 Å². The van der Waals surface area contributed by atoms with Gasteiger partial charge in [-0.25, -0.2) is 9.18 Å². The lowest BCUT2D eigenvalue weighted by Crippen LogP contribution is -2.52. The van der Waals surface area contributed by atoms with Crippen LogP contribution in [0.1, 0.15) is 54.1 Å². The summed E-state index contributed by atoms with van der Waals surface area (Å²) in [6.45, 7) is 5.85. The molecule has 188 valence electrons. The first-order chi connectivity index (χ1) is 17.4. The molecule has 2 amide bonds. The molecule has 8 heteroatoms. The Balaban J connectivity index is 1.30. The normalized spacial score (nSPS) is 19.7. The topological polar surface area (TPSA) is 76.9 Å². The standard InChI is InChI=1S/C28H31FN4O3/c1-2-36-27(35)32-12-8-23(9-13-32)31-14-10-28(11-15-31)19-33(25-7-6-22(29)17-24(25)28)26(34)21-5-3-4-20(16-21)18-30/h3-7,16-17,23H,2,8-15,19H2,1H3. The molecule has 0 radical (unpaired) electrons. The van der Waals surface area contributed by atoms with Gasteiger partial charge in [0, 0.05) is 42.3 Å². The van der Waals surface area contributed by atoms with Gasteiger partial charge in [-0.1, -0.05) is 6.07 Å². The first kappa shape index (κ1) is 24.3. The number of halogens is 1. The Kier molecular flexibility index (Phi) is 6.67. The van der Waals surface area contributed by atoms with Gasteiger partial charge in [0.1, 0.15) is 5.82 Å². The molecule has 0 saturated carbocycles. The summed E-state index contributed by atoms with van der Waals surface area (Å²) in [6.07, 6.45) is 3.27. The number of likely N-dealkylation sites (tertiary alicyclic amines) is 2. The van der Waals surface area contributed by atoms with Gasteiger partial charge in [0.25, 0.3) is 5.91 Å². The van der Waals surface area contributed by atoms with Crippen molar-refractivity contribution in [2.45, 2.75) is 44.1 Å². The Morgan fingerprint density at radius 3 is 2.56 bits per heavy atom. The van der Waals surface area contributed by atoms with Gasteiger partial charge in [-0.2, -0.15) is 5.26 Å². The quantitative estimate of drug-likeness (QED) is 0.641. The van der Waals surface area contributed by atoms with Crippen molar-refractivity contribution in [2.24, 2.45) is 0 Å². The SMILES string of the molecule is CCOC(=O)N1CCC(N2CCC3(CC2)CN(C(=O)c2cccc(C#N)c2)c2ccc(F)cc23)CC1. The fourth-order valence-electron chi connectivity index (χ4n) is 6.07. The highest BCUT2D eigenvalue weighted by atomic mass is 19.1. The molecule has 3 heterocycles. The molecule has 2 saturated heterocycles. The van der Waals surface area contributed by atoms with Gasteiger partial charge in [0.2, 0.25) is 0 Å². The fourth-order valence-corrected chi connectivity index (χ4v) is 6.07. The van der Waals surface area contributed by atoms with E-state index in [-0.39, 0.29) is 23.2 Å². The summed E-state index contributed by atoms with van der Waals surface area (Å²) in [4.78, 5) is 31.6. The number of fused-ring (bicyclic) bond motifs is 2. The van der Waals surface area contributed by atoms with Crippen LogP contribution in [-0.4, -0.2) is 67.2 Å². The molecule has 3 aliphatic rings. The number of hydrogen-bond donors (Lipinski definition) is 0. The van der Waals surface area contributed by atoms with Crippen LogP contribution in [0.3, 0.4) is 0 Å². The zero-order valence-electron chi connectivity index (χ0n) is 20.6. The van der Waals surface area contributed by atoms with E-state index < -0.39 is 0 Å². The van der Waals surface area contributed by atoms with E-state index in [1.807, 2.05) is 6.92 Å². The van der Waals surface area contributed by atoms with Crippen LogP contribution in [0.2, 0.25) is 0 Å². The van der Waals surface area contributed by atoms with Gasteiger partial charge in [-0.3, -0.25) is 4.79 Å². The van der Waals surface area contributed by atoms with Gasteiger partial charge in [0.15, 0.2) is 0 Å². The third-order valence-electron chi connectivity index (χ3n) is 8.03. The van der Waals surface area contributed by atoms with Crippen molar-refractivity contribution >= 4 is 17.7 Å². The van der Waals surface area contributed by atoms with Crippen molar-refractivity contribution in [1.82, 2.24) is 9.80 Å². The smallest absolute Gasteiger partial charge is 0.409 e. The summed E-state index contributed by atoms with van der Waals surface area (Å²) in [7, 11) is 0. The molecule has 3 aliphatic heterocycles. The zero-order chi connectivity index (χ0) is 25.3. The van der Waals surface area contributed by atoms with Crippen LogP contribution in [0.25, 0.3) is 0 Å². The van der Waals surface area contributed by atoms with E-state index in [0.717, 1.165) is 50.0 Å². The largest absolute Gasteiger partial charge is 0.450 e. The molecule has 0 aromatic heterocycles. The molecule has 5 rings (SSSR count). The van der Waals surface area contributed by atoms with Crippen molar-refractivity contribution in [3.8, 4) is 6.07 Å². The van der Waals surface area contributed by atoms with Gasteiger partial charge in [0.05, 0.1) is 18.2 Å². The van der Waals surface area contributed by atoms with Crippen LogP contribution < -0.4 is 4.90 Å². The van der Waals surface area contributed by atoms with E-state index in [4.69, 9.17) is 4.74 Å². The number of hydrogen-bond acceptors (Lipinski definition) is 5. The Labute approximate surface area is 211 Å². The summed E-state index contributed by atoms with van der Waals surface area (Å²) >= 11 is 0. The number of benzene rings is 2. The average Bonchev–Trinajstić information content (AvgIpc) is 3.21. The highest BCUT2D eigenvalue weighted by Crippen LogP contribution is 2.48. The molecule has 0 bridgehead atoms. The number of nitrogens with zero attached hydrogens (tertiary/aromatic N) is 4. The van der Waals surface area contributed by atoms with Gasteiger partial charge in [-0.15, -0.1) is 0 Å². The third kappa shape index (κ3) is 4.44. The number of nitriles is 1. The molecular formula is C28H31FN4O3. The second kappa shape index (κ2) is 9.90. The lowest BCUT2D eigenvalue weighted by molar-refractivity contribution is 0.0576. The minimum atomic E-state index is -0.290. The molecule has 1 spiro atoms. The van der Waals surface area contributed by atoms with E-state index in [1.54, 1.807) is 46.2 Å². The zero-order valence-corrected chi connectivity index (χ0v) is 20.6. The average molecular weight is 491 g/mol. The maximum absolute atomic E-state index is 14.4. The fraction of sp³-hybridized carbons (Fsp3) is 0.464. The molecule has 0 aliphatic carbocycles. The highest BCUT2D eigenvalue weighted by molar-refractivity contribution is 6.08. The molecule has 2 fully saturated rings. The molecule has 7 nitrogen and oxygen atoms in total. The molecule has 2 aromatic rings. The van der Waals surface area contributed by atoms with E-state index >= 15 is 0 Å². The first-order valence-electron chi connectivity index (χ1n) is 12.7. The summed E-state index contributed by atoms with van der Waals surface area (Å²) in [5, 5.41) is 9.25. The third-order valence-corrected chi connectivity index (χ3v) is 8.03. The Hall–Kier alpha value is -3.44. The van der Waals surface area contributed by atoms with Crippen LogP contribution in [0.4, 0.5) is 14.9 Å². The van der Waals surface area contributed by atoms with E-state index in [9.17, 15) is 19.2 Å². The number of ether oxygens (including phenoxy) is 1. The lowest BCUT2D eigenvalue weighted by atomic mass is 9.74. The molecule has 36 heavy (non-hydrogen) atoms. The number of carbonyl (C=O) groups is 2. The Morgan fingerprint density at radius 2 is 1.86 bits per heavy atom. The van der Waals surface area contributed by atoms with Crippen LogP contribution >= 0.6 is 0 Å². The lowest BCUT2D eigenvalue weighted by Gasteiger charge is -2.45. The molecular weight excluding hydrogens is 459 g/mol. The van der Waals surface area contributed by atoms with Gasteiger partial charge < -0.3 is 19.4 Å². The van der Waals surface area contributed by atoms with Crippen molar-refractivity contribution in [3.63, 3.8) is 0 Å². The molecule has 0 N–H and O–H groups in total. The van der Waals surface area contributed by atoms with Gasteiger partial charge >= 0.3 is 6.09 Å². The Morgan fingerprint density at radius 1 is 1.11 bits per heavy atom. The molecule has 0 unspecified atom stereocenters. The van der Waals surface area contributed by atoms with Crippen LogP contribution in [0, 0.1) is 17.1 Å². The van der Waals surface area contributed by atoms with Crippen molar-refractivity contribution in [1.29, 1.82) is 5.26 Å². The van der Waals surface area contributed by atoms with E-state index in [0.29, 0.717) is 43.4 Å². The molecule has 2 aromatic carbocycles. The van der Waals surface area contributed by atoms with Crippen molar-refractivity contribution in [3.05, 3.63) is 65.0 Å². The van der Waals surface area contributed by atoms with Gasteiger partial charge in [-0.05, 0) is 87.7 Å². The minimum absolute atomic E-state index is 0.161. The maximum Gasteiger partial charge on any atom is 0.409 e. The predicted molar refractivity (Wildman–Crippen MR) is 133 cm³/mol. The van der Waals surface area contributed by atoms with Crippen LogP contribution in [0.5, 0.6) is 0 Å². The second-order valence-corrected chi connectivity index (χ2v) is 9.98. The summed E-state index contributed by atoms with van der Waals surface area (Å²) < 4.78 is 19.5. The number of anilines is 1. The first-order valence-corrected chi connectivity index (χ1v) is 12.7. The molecule has 0 atom stereocenters. The van der Waals surface area contributed by atoms with E-state index in [2.05, 4.69) is 11.0 Å². The van der Waals surface area contributed by atoms with Crippen molar-refractivity contribution in [2.75, 3.05) is 44.2 Å². The summed E-state index contributed by atoms with van der Waals surface area (Å²) in [5.41, 5.74) is 2.29. The number of amides is 2. The number of carbonyl (C=O) groups excluding carboxylic acids is 2. The minimum Gasteiger partial charge on any atom is -0.450 e. The highest BCUT2D eigenvalue weighted by Gasteiger charge is 2.47. The summed E-state index contributed by atoms with van der Waals surface area (Å²) in [5.74, 6) is -0.451. The van der Waals surface area contributed by atoms with E-state index in [1.165, 1.54) is 6.07 Å². The monoisotopic (exact) mass is 490 g/mol. The predicted octanol–water partition coefficient (Wildman–Crippen LogP) is 4.31. The Bertz CT molecular complexity index is 1190. The van der Waals surface area contributed by atoms with Crippen molar-refractivity contribution < 1.29 is 18.7 Å². The van der Waals surface area contributed by atoms with Crippen LogP contribution in [0.15, 0.2) is 42.5 Å². The summed E-state index contributed by atoms with van der Waals surface area (Å²) in [6, 6.07) is 14.0. The number of rotatable bonds is 3. The maximum atomic E-state index is 14.4. The number of piperidine rings is 2. The second-order valence-electron chi connectivity index (χ2n) is 9.98.